The zero-order chi connectivity index (χ0) is 16.8. The van der Waals surface area contributed by atoms with E-state index in [0.717, 1.165) is 17.8 Å². The minimum absolute atomic E-state index is 0.0560. The summed E-state index contributed by atoms with van der Waals surface area (Å²) >= 11 is 0. The summed E-state index contributed by atoms with van der Waals surface area (Å²) in [6, 6.07) is 4.82. The summed E-state index contributed by atoms with van der Waals surface area (Å²) in [6.45, 7) is 3.99. The predicted octanol–water partition coefficient (Wildman–Crippen LogP) is 4.33. The molecule has 1 aromatic heterocycles. The molecule has 0 saturated carbocycles. The minimum Gasteiger partial charge on any atom is -0.338 e. The number of carbonyl (C=O) groups is 1. The second-order valence-corrected chi connectivity index (χ2v) is 6.57. The van der Waals surface area contributed by atoms with E-state index in [0.29, 0.717) is 18.4 Å². The van der Waals surface area contributed by atoms with E-state index in [9.17, 15) is 18.0 Å². The highest BCUT2D eigenvalue weighted by Gasteiger charge is 2.35. The highest BCUT2D eigenvalue weighted by Crippen LogP contribution is 2.37. The molecule has 1 aliphatic rings. The smallest absolute Gasteiger partial charge is 0.338 e. The average Bonchev–Trinajstić information content (AvgIpc) is 2.79. The van der Waals surface area contributed by atoms with Crippen LogP contribution in [0, 0.1) is 5.41 Å². The topological polar surface area (TPSA) is 57.8 Å². The van der Waals surface area contributed by atoms with Crippen LogP contribution >= 0.6 is 0 Å². The molecule has 122 valence electrons. The van der Waals surface area contributed by atoms with Crippen molar-refractivity contribution in [1.82, 2.24) is 10.2 Å². The Morgan fingerprint density at radius 2 is 2.00 bits per heavy atom. The van der Waals surface area contributed by atoms with Crippen LogP contribution in [-0.4, -0.2) is 16.0 Å². The number of hydrogen-bond donors (Lipinski definition) is 2. The summed E-state index contributed by atoms with van der Waals surface area (Å²) in [5.41, 5.74) is 0.512. The first-order chi connectivity index (χ1) is 10.7. The zero-order valence-electron chi connectivity index (χ0n) is 12.7. The highest BCUT2D eigenvalue weighted by molar-refractivity contribution is 6.03. The van der Waals surface area contributed by atoms with Gasteiger partial charge in [0.1, 0.15) is 0 Å². The maximum atomic E-state index is 12.8. The third-order valence-corrected chi connectivity index (χ3v) is 3.87. The van der Waals surface area contributed by atoms with Gasteiger partial charge in [0.25, 0.3) is 0 Å². The lowest BCUT2D eigenvalue weighted by atomic mass is 9.76. The van der Waals surface area contributed by atoms with Crippen LogP contribution in [0.15, 0.2) is 24.3 Å². The number of alkyl halides is 3. The number of aromatic amines is 1. The third kappa shape index (κ3) is 3.09. The average molecular weight is 323 g/mol. The van der Waals surface area contributed by atoms with E-state index in [1.807, 2.05) is 13.8 Å². The Kier molecular flexibility index (Phi) is 3.46. The number of carbonyl (C=O) groups excluding carboxylic acids is 1. The molecule has 2 N–H and O–H groups in total. The van der Waals surface area contributed by atoms with Gasteiger partial charge in [-0.15, -0.1) is 0 Å². The number of H-pyrrole nitrogens is 1. The molecular formula is C16H16F3N3O. The Hall–Kier alpha value is -2.31. The Bertz CT molecular complexity index is 762. The number of nitrogens with zero attached hydrogens (tertiary/aromatic N) is 1. The summed E-state index contributed by atoms with van der Waals surface area (Å²) in [5, 5.41) is 9.70. The lowest BCUT2D eigenvalue weighted by Crippen LogP contribution is -2.26. The van der Waals surface area contributed by atoms with E-state index in [1.54, 1.807) is 0 Å². The van der Waals surface area contributed by atoms with Gasteiger partial charge in [0.15, 0.2) is 11.6 Å². The van der Waals surface area contributed by atoms with Gasteiger partial charge in [0.05, 0.1) is 11.1 Å². The van der Waals surface area contributed by atoms with Gasteiger partial charge in [0, 0.05) is 17.8 Å². The Morgan fingerprint density at radius 3 is 2.70 bits per heavy atom. The normalized spacial score (nSPS) is 17.0. The second kappa shape index (κ2) is 5.11. The summed E-state index contributed by atoms with van der Waals surface area (Å²) in [4.78, 5) is 12.3. The van der Waals surface area contributed by atoms with Gasteiger partial charge >= 0.3 is 6.18 Å². The van der Waals surface area contributed by atoms with Crippen molar-refractivity contribution in [2.75, 3.05) is 5.32 Å². The van der Waals surface area contributed by atoms with Crippen LogP contribution in [0.25, 0.3) is 0 Å². The van der Waals surface area contributed by atoms with E-state index in [1.165, 1.54) is 12.1 Å². The fourth-order valence-electron chi connectivity index (χ4n) is 2.87. The van der Waals surface area contributed by atoms with E-state index in [4.69, 9.17) is 0 Å². The van der Waals surface area contributed by atoms with Crippen molar-refractivity contribution in [3.63, 3.8) is 0 Å². The Labute approximate surface area is 131 Å². The second-order valence-electron chi connectivity index (χ2n) is 6.57. The standard InChI is InChI=1S/C16H16F3N3O/c1-15(2)7-11-13(12(23)8-15)14(22-21-11)20-10-5-3-4-9(6-10)16(17,18)19/h3-6H,7-8H2,1-2H3,(H2,20,21,22). The maximum absolute atomic E-state index is 12.8. The summed E-state index contributed by atoms with van der Waals surface area (Å²) in [6.07, 6.45) is -3.36. The van der Waals surface area contributed by atoms with Gasteiger partial charge in [-0.05, 0) is 30.0 Å². The van der Waals surface area contributed by atoms with E-state index in [-0.39, 0.29) is 22.7 Å². The third-order valence-electron chi connectivity index (χ3n) is 3.87. The quantitative estimate of drug-likeness (QED) is 0.865. The van der Waals surface area contributed by atoms with E-state index in [2.05, 4.69) is 15.5 Å². The molecule has 0 saturated heterocycles. The number of hydrogen-bond acceptors (Lipinski definition) is 3. The van der Waals surface area contributed by atoms with Crippen LogP contribution in [0.2, 0.25) is 0 Å². The number of Topliss-reactive ketones (excluding diaryl/α,β-unsaturated/α-hetero) is 1. The molecule has 0 amide bonds. The fourth-order valence-corrected chi connectivity index (χ4v) is 2.87. The lowest BCUT2D eigenvalue weighted by Gasteiger charge is -2.27. The number of anilines is 2. The number of ketones is 1. The first kappa shape index (κ1) is 15.6. The lowest BCUT2D eigenvalue weighted by molar-refractivity contribution is -0.137. The molecule has 0 bridgehead atoms. The molecule has 7 heteroatoms. The molecule has 0 fully saturated rings. The summed E-state index contributed by atoms with van der Waals surface area (Å²) in [7, 11) is 0. The molecule has 1 aliphatic carbocycles. The number of aromatic nitrogens is 2. The summed E-state index contributed by atoms with van der Waals surface area (Å²) < 4.78 is 38.3. The maximum Gasteiger partial charge on any atom is 0.416 e. The predicted molar refractivity (Wildman–Crippen MR) is 79.7 cm³/mol. The minimum atomic E-state index is -4.41. The van der Waals surface area contributed by atoms with Crippen LogP contribution in [-0.2, 0) is 12.6 Å². The zero-order valence-corrected chi connectivity index (χ0v) is 12.7. The molecule has 3 rings (SSSR count). The van der Waals surface area contributed by atoms with Gasteiger partial charge in [-0.2, -0.15) is 18.3 Å². The van der Waals surface area contributed by atoms with Crippen LogP contribution in [0.1, 0.15) is 41.9 Å². The van der Waals surface area contributed by atoms with Crippen molar-refractivity contribution in [3.8, 4) is 0 Å². The molecule has 1 aromatic carbocycles. The monoisotopic (exact) mass is 323 g/mol. The van der Waals surface area contributed by atoms with Crippen molar-refractivity contribution < 1.29 is 18.0 Å². The van der Waals surface area contributed by atoms with Crippen molar-refractivity contribution in [2.24, 2.45) is 5.41 Å². The van der Waals surface area contributed by atoms with Gasteiger partial charge in [0.2, 0.25) is 0 Å². The van der Waals surface area contributed by atoms with Gasteiger partial charge in [-0.25, -0.2) is 0 Å². The highest BCUT2D eigenvalue weighted by atomic mass is 19.4. The number of rotatable bonds is 2. The van der Waals surface area contributed by atoms with Crippen LogP contribution in [0.5, 0.6) is 0 Å². The first-order valence-corrected chi connectivity index (χ1v) is 7.20. The van der Waals surface area contributed by atoms with Crippen molar-refractivity contribution in [1.29, 1.82) is 0 Å². The molecular weight excluding hydrogens is 307 g/mol. The van der Waals surface area contributed by atoms with Crippen molar-refractivity contribution in [3.05, 3.63) is 41.1 Å². The molecule has 4 nitrogen and oxygen atoms in total. The largest absolute Gasteiger partial charge is 0.416 e. The molecule has 0 atom stereocenters. The van der Waals surface area contributed by atoms with Crippen molar-refractivity contribution in [2.45, 2.75) is 32.9 Å². The molecule has 23 heavy (non-hydrogen) atoms. The number of nitrogens with one attached hydrogen (secondary N) is 2. The molecule has 0 aliphatic heterocycles. The molecule has 0 radical (unpaired) electrons. The number of benzene rings is 1. The van der Waals surface area contributed by atoms with E-state index >= 15 is 0 Å². The van der Waals surface area contributed by atoms with Gasteiger partial charge < -0.3 is 5.32 Å². The van der Waals surface area contributed by atoms with Gasteiger partial charge in [-0.1, -0.05) is 19.9 Å². The van der Waals surface area contributed by atoms with Crippen LogP contribution < -0.4 is 5.32 Å². The number of fused-ring (bicyclic) bond motifs is 1. The number of halogens is 3. The van der Waals surface area contributed by atoms with Crippen molar-refractivity contribution >= 4 is 17.3 Å². The Morgan fingerprint density at radius 1 is 1.26 bits per heavy atom. The molecule has 0 spiro atoms. The van der Waals surface area contributed by atoms with Crippen LogP contribution in [0.3, 0.4) is 0 Å². The molecule has 2 aromatic rings. The van der Waals surface area contributed by atoms with E-state index < -0.39 is 11.7 Å². The summed E-state index contributed by atoms with van der Waals surface area (Å²) in [5.74, 6) is 0.222. The van der Waals surface area contributed by atoms with Gasteiger partial charge in [-0.3, -0.25) is 9.89 Å². The molecule has 0 unspecified atom stereocenters. The van der Waals surface area contributed by atoms with Crippen LogP contribution in [0.4, 0.5) is 24.7 Å². The Balaban J connectivity index is 1.91. The SMILES string of the molecule is CC1(C)CC(=O)c2c(Nc3cccc(C(F)(F)F)c3)n[nH]c2C1. The fraction of sp³-hybridized carbons (Fsp3) is 0.375. The first-order valence-electron chi connectivity index (χ1n) is 7.20. The molecule has 1 heterocycles.